The van der Waals surface area contributed by atoms with Crippen molar-refractivity contribution in [2.75, 3.05) is 26.4 Å². The number of hydrogen-bond acceptors (Lipinski definition) is 4. The van der Waals surface area contributed by atoms with Crippen molar-refractivity contribution in [1.82, 2.24) is 5.32 Å². The van der Waals surface area contributed by atoms with Crippen LogP contribution < -0.4 is 5.32 Å². The van der Waals surface area contributed by atoms with E-state index in [0.29, 0.717) is 22.8 Å². The van der Waals surface area contributed by atoms with E-state index in [1.165, 1.54) is 0 Å². The first kappa shape index (κ1) is 18.2. The third kappa shape index (κ3) is 6.71. The zero-order valence-corrected chi connectivity index (χ0v) is 12.8. The van der Waals surface area contributed by atoms with Crippen LogP contribution in [0.3, 0.4) is 0 Å². The van der Waals surface area contributed by atoms with E-state index in [2.05, 4.69) is 11.9 Å². The van der Waals surface area contributed by atoms with Gasteiger partial charge in [-0.25, -0.2) is 4.79 Å². The minimum Gasteiger partial charge on any atom is -0.465 e. The summed E-state index contributed by atoms with van der Waals surface area (Å²) in [5, 5.41) is 11.0. The topological polar surface area (TPSA) is 84.9 Å². The first-order valence-corrected chi connectivity index (χ1v) is 6.97. The Balaban J connectivity index is 2.56. The number of carboxylic acid groups (broad SMARTS) is 1. The van der Waals surface area contributed by atoms with Gasteiger partial charge in [-0.1, -0.05) is 23.7 Å². The second-order valence-electron chi connectivity index (χ2n) is 4.31. The normalized spacial score (nSPS) is 10.2. The van der Waals surface area contributed by atoms with Crippen LogP contribution in [-0.4, -0.2) is 43.3 Å². The molecule has 1 amide bonds. The summed E-state index contributed by atoms with van der Waals surface area (Å²) in [5.74, 6) is -0.241. The molecule has 0 unspecified atom stereocenters. The monoisotopic (exact) mass is 327 g/mol. The molecule has 0 saturated carbocycles. The third-order valence-electron chi connectivity index (χ3n) is 2.62. The fraction of sp³-hybridized carbons (Fsp3) is 0.333. The summed E-state index contributed by atoms with van der Waals surface area (Å²) in [4.78, 5) is 22.4. The van der Waals surface area contributed by atoms with Gasteiger partial charge in [0.2, 0.25) is 0 Å². The molecular weight excluding hydrogens is 310 g/mol. The van der Waals surface area contributed by atoms with E-state index in [4.69, 9.17) is 26.2 Å². The Morgan fingerprint density at radius 3 is 2.82 bits per heavy atom. The molecule has 22 heavy (non-hydrogen) atoms. The minimum absolute atomic E-state index is 0.112. The van der Waals surface area contributed by atoms with E-state index in [9.17, 15) is 9.59 Å². The smallest absolute Gasteiger partial charge is 0.404 e. The van der Waals surface area contributed by atoms with Crippen LogP contribution in [0, 0.1) is 0 Å². The van der Waals surface area contributed by atoms with Crippen molar-refractivity contribution in [3.63, 3.8) is 0 Å². The number of nitrogens with one attached hydrogen (secondary N) is 1. The van der Waals surface area contributed by atoms with Gasteiger partial charge in [0, 0.05) is 17.1 Å². The molecule has 1 aromatic rings. The maximum atomic E-state index is 12.2. The lowest BCUT2D eigenvalue weighted by molar-refractivity contribution is 0.0759. The van der Waals surface area contributed by atoms with Gasteiger partial charge in [-0.3, -0.25) is 4.79 Å². The lowest BCUT2D eigenvalue weighted by Crippen LogP contribution is -2.26. The van der Waals surface area contributed by atoms with Gasteiger partial charge in [-0.05, 0) is 17.7 Å². The Kier molecular flexibility index (Phi) is 8.21. The Labute approximate surface area is 133 Å². The molecule has 7 heteroatoms. The zero-order valence-electron chi connectivity index (χ0n) is 12.0. The van der Waals surface area contributed by atoms with Crippen LogP contribution in [0.25, 0.3) is 0 Å². The van der Waals surface area contributed by atoms with Crippen LogP contribution in [0.15, 0.2) is 30.9 Å². The van der Waals surface area contributed by atoms with E-state index >= 15 is 0 Å². The predicted octanol–water partition coefficient (Wildman–Crippen LogP) is 2.51. The second kappa shape index (κ2) is 9.94. The number of ketones is 1. The first-order chi connectivity index (χ1) is 10.5. The predicted molar refractivity (Wildman–Crippen MR) is 82.5 cm³/mol. The van der Waals surface area contributed by atoms with Crippen LogP contribution in [0.4, 0.5) is 4.79 Å². The molecule has 0 aliphatic rings. The van der Waals surface area contributed by atoms with Crippen molar-refractivity contribution in [1.29, 1.82) is 0 Å². The van der Waals surface area contributed by atoms with Crippen LogP contribution in [-0.2, 0) is 16.1 Å². The maximum Gasteiger partial charge on any atom is 0.404 e. The Morgan fingerprint density at radius 2 is 2.14 bits per heavy atom. The first-order valence-electron chi connectivity index (χ1n) is 6.59. The van der Waals surface area contributed by atoms with E-state index < -0.39 is 6.09 Å². The fourth-order valence-electron chi connectivity index (χ4n) is 1.66. The van der Waals surface area contributed by atoms with Crippen LogP contribution >= 0.6 is 11.6 Å². The Bertz CT molecular complexity index is 533. The van der Waals surface area contributed by atoms with Gasteiger partial charge in [0.15, 0.2) is 5.78 Å². The number of rotatable bonds is 10. The number of hydrogen-bond donors (Lipinski definition) is 2. The van der Waals surface area contributed by atoms with Crippen LogP contribution in [0.1, 0.15) is 15.9 Å². The number of carbonyl (C=O) groups excluding carboxylic acids is 1. The molecule has 1 rings (SSSR count). The molecule has 2 N–H and O–H groups in total. The van der Waals surface area contributed by atoms with Gasteiger partial charge in [0.1, 0.15) is 6.61 Å². The number of carbonyl (C=O) groups is 2. The van der Waals surface area contributed by atoms with Crippen molar-refractivity contribution in [3.8, 4) is 0 Å². The summed E-state index contributed by atoms with van der Waals surface area (Å²) in [6.45, 7) is 4.28. The zero-order chi connectivity index (χ0) is 16.4. The number of benzene rings is 1. The molecule has 0 spiro atoms. The van der Waals surface area contributed by atoms with Crippen LogP contribution in [0.2, 0.25) is 5.02 Å². The summed E-state index contributed by atoms with van der Waals surface area (Å²) in [6.07, 6.45) is 0.488. The van der Waals surface area contributed by atoms with Gasteiger partial charge in [0.25, 0.3) is 0 Å². The molecular formula is C15H18ClNO5. The molecule has 0 fully saturated rings. The summed E-state index contributed by atoms with van der Waals surface area (Å²) in [5.41, 5.74) is 1.14. The Hall–Kier alpha value is -1.89. The standard InChI is InChI=1S/C15H18ClNO5/c1-2-6-21-9-11-3-4-12(16)8-13(11)14(18)10-22-7-5-17-15(19)20/h2-4,8,17H,1,5-7,9-10H2,(H,19,20). The summed E-state index contributed by atoms with van der Waals surface area (Å²) in [7, 11) is 0. The van der Waals surface area contributed by atoms with E-state index in [1.54, 1.807) is 24.3 Å². The molecule has 0 aliphatic heterocycles. The maximum absolute atomic E-state index is 12.2. The van der Waals surface area contributed by atoms with E-state index in [1.807, 2.05) is 0 Å². The number of halogens is 1. The molecule has 0 radical (unpaired) electrons. The van der Waals surface area contributed by atoms with Crippen molar-refractivity contribution in [2.24, 2.45) is 0 Å². The van der Waals surface area contributed by atoms with Gasteiger partial charge < -0.3 is 19.9 Å². The van der Waals surface area contributed by atoms with E-state index in [-0.39, 0.29) is 32.1 Å². The second-order valence-corrected chi connectivity index (χ2v) is 4.75. The Morgan fingerprint density at radius 1 is 1.36 bits per heavy atom. The largest absolute Gasteiger partial charge is 0.465 e. The molecule has 0 aliphatic carbocycles. The SMILES string of the molecule is C=CCOCc1ccc(Cl)cc1C(=O)COCCNC(=O)O. The summed E-state index contributed by atoms with van der Waals surface area (Å²) < 4.78 is 10.5. The molecule has 0 heterocycles. The quantitative estimate of drug-likeness (QED) is 0.392. The van der Waals surface area contributed by atoms with Gasteiger partial charge in [0.05, 0.1) is 19.8 Å². The van der Waals surface area contributed by atoms with Gasteiger partial charge in [-0.2, -0.15) is 0 Å². The minimum atomic E-state index is -1.13. The average molecular weight is 328 g/mol. The van der Waals surface area contributed by atoms with Crippen molar-refractivity contribution in [2.45, 2.75) is 6.61 Å². The van der Waals surface area contributed by atoms with Crippen molar-refractivity contribution < 1.29 is 24.2 Å². The third-order valence-corrected chi connectivity index (χ3v) is 2.86. The molecule has 0 bridgehead atoms. The van der Waals surface area contributed by atoms with E-state index in [0.717, 1.165) is 0 Å². The van der Waals surface area contributed by atoms with Crippen molar-refractivity contribution in [3.05, 3.63) is 47.0 Å². The number of Topliss-reactive ketones (excluding diaryl/α,β-unsaturated/α-hetero) is 1. The highest BCUT2D eigenvalue weighted by molar-refractivity contribution is 6.31. The lowest BCUT2D eigenvalue weighted by atomic mass is 10.0. The molecule has 0 atom stereocenters. The highest BCUT2D eigenvalue weighted by Crippen LogP contribution is 2.18. The lowest BCUT2D eigenvalue weighted by Gasteiger charge is -2.10. The molecule has 0 aromatic heterocycles. The fourth-order valence-corrected chi connectivity index (χ4v) is 1.83. The summed E-state index contributed by atoms with van der Waals surface area (Å²) >= 11 is 5.92. The van der Waals surface area contributed by atoms with Gasteiger partial charge in [-0.15, -0.1) is 6.58 Å². The average Bonchev–Trinajstić information content (AvgIpc) is 2.48. The molecule has 120 valence electrons. The van der Waals surface area contributed by atoms with Crippen molar-refractivity contribution >= 4 is 23.5 Å². The number of ether oxygens (including phenoxy) is 2. The summed E-state index contributed by atoms with van der Waals surface area (Å²) in [6, 6.07) is 4.97. The highest BCUT2D eigenvalue weighted by atomic mass is 35.5. The van der Waals surface area contributed by atoms with Crippen LogP contribution in [0.5, 0.6) is 0 Å². The molecule has 1 aromatic carbocycles. The molecule has 0 saturated heterocycles. The molecule has 6 nitrogen and oxygen atoms in total. The highest BCUT2D eigenvalue weighted by Gasteiger charge is 2.12. The number of amides is 1. The van der Waals surface area contributed by atoms with Gasteiger partial charge >= 0.3 is 6.09 Å².